The number of hydrogen-bond donors (Lipinski definition) is 4. The van der Waals surface area contributed by atoms with Gasteiger partial charge in [-0.05, 0) is 50.9 Å². The number of urea groups is 1. The molecule has 0 radical (unpaired) electrons. The second kappa shape index (κ2) is 13.2. The largest absolute Gasteiger partial charge is 0.479 e. The number of allylic oxidation sites excluding steroid dienone is 1. The zero-order valence-electron chi connectivity index (χ0n) is 23.0. The number of carboxylic acids is 1. The molecule has 4 amide bonds. The molecule has 3 rings (SSSR count). The molecular formula is C28H44N4O6. The molecule has 0 spiro atoms. The Bertz CT molecular complexity index is 930. The molecular weight excluding hydrogens is 488 g/mol. The summed E-state index contributed by atoms with van der Waals surface area (Å²) in [6.07, 6.45) is 12.4. The van der Waals surface area contributed by atoms with Crippen molar-refractivity contribution in [3.05, 3.63) is 12.2 Å². The van der Waals surface area contributed by atoms with Crippen molar-refractivity contribution in [3.8, 4) is 0 Å². The zero-order valence-corrected chi connectivity index (χ0v) is 23.0. The van der Waals surface area contributed by atoms with Crippen LogP contribution in [0, 0.1) is 17.8 Å². The minimum atomic E-state index is -1.33. The highest BCUT2D eigenvalue weighted by molar-refractivity contribution is 5.96. The van der Waals surface area contributed by atoms with E-state index in [0.717, 1.165) is 38.5 Å². The first kappa shape index (κ1) is 29.6. The lowest BCUT2D eigenvalue weighted by Crippen LogP contribution is -2.55. The smallest absolute Gasteiger partial charge is 0.330 e. The van der Waals surface area contributed by atoms with Crippen LogP contribution in [0.2, 0.25) is 0 Å². The average Bonchev–Trinajstić information content (AvgIpc) is 3.79. The number of nitrogens with zero attached hydrogens (tertiary/aromatic N) is 1. The van der Waals surface area contributed by atoms with Crippen LogP contribution in [0.25, 0.3) is 0 Å². The summed E-state index contributed by atoms with van der Waals surface area (Å²) in [5.41, 5.74) is -1.33. The molecule has 2 saturated carbocycles. The van der Waals surface area contributed by atoms with E-state index >= 15 is 0 Å². The average molecular weight is 533 g/mol. The van der Waals surface area contributed by atoms with E-state index in [9.17, 15) is 29.1 Å². The molecule has 1 heterocycles. The fraction of sp³-hybridized carbons (Fsp3) is 0.750. The van der Waals surface area contributed by atoms with E-state index in [1.54, 1.807) is 0 Å². The van der Waals surface area contributed by atoms with Gasteiger partial charge < -0.3 is 26.0 Å². The van der Waals surface area contributed by atoms with Gasteiger partial charge in [0.05, 0.1) is 12.6 Å². The standard InChI is InChI=1S/C28H44N4O6/c1-4-5-6-7-8-9-11-20-16-28(20,26(36)37)31-25(35)21-12-10-15-32(21)22(33)17-29-27(38)30-23(18(2)3)24(34)19-13-14-19/h9,11,18-21,23H,4-8,10,12-17H2,1-3H3,(H,31,35)(H,36,37)(H2,29,30,38)/b11-9-/t20?,21-,23-,28+/m0/s1. The van der Waals surface area contributed by atoms with Gasteiger partial charge in [-0.15, -0.1) is 0 Å². The number of nitrogens with one attached hydrogen (secondary N) is 3. The minimum Gasteiger partial charge on any atom is -0.479 e. The lowest BCUT2D eigenvalue weighted by Gasteiger charge is -2.26. The maximum atomic E-state index is 13.1. The molecule has 212 valence electrons. The molecule has 0 aromatic carbocycles. The minimum absolute atomic E-state index is 0.00893. The van der Waals surface area contributed by atoms with Crippen molar-refractivity contribution in [1.82, 2.24) is 20.9 Å². The molecule has 3 aliphatic rings. The molecule has 38 heavy (non-hydrogen) atoms. The lowest BCUT2D eigenvalue weighted by molar-refractivity contribution is -0.145. The van der Waals surface area contributed by atoms with Crippen molar-refractivity contribution in [1.29, 1.82) is 0 Å². The Morgan fingerprint density at radius 2 is 1.82 bits per heavy atom. The van der Waals surface area contributed by atoms with Crippen LogP contribution >= 0.6 is 0 Å². The summed E-state index contributed by atoms with van der Waals surface area (Å²) in [6.45, 7) is 5.92. The Balaban J connectivity index is 1.49. The lowest BCUT2D eigenvalue weighted by atomic mass is 9.97. The Hall–Kier alpha value is -2.91. The van der Waals surface area contributed by atoms with Crippen molar-refractivity contribution in [2.45, 2.75) is 103 Å². The van der Waals surface area contributed by atoms with Crippen LogP contribution < -0.4 is 16.0 Å². The predicted octanol–water partition coefficient (Wildman–Crippen LogP) is 2.77. The molecule has 10 heteroatoms. The Labute approximate surface area is 225 Å². The van der Waals surface area contributed by atoms with Gasteiger partial charge in [-0.25, -0.2) is 9.59 Å². The number of unbranched alkanes of at least 4 members (excludes halogenated alkanes) is 4. The van der Waals surface area contributed by atoms with Crippen molar-refractivity contribution in [3.63, 3.8) is 0 Å². The Morgan fingerprint density at radius 1 is 1.08 bits per heavy atom. The molecule has 4 atom stereocenters. The third-order valence-electron chi connectivity index (χ3n) is 7.85. The van der Waals surface area contributed by atoms with Crippen LogP contribution in [0.4, 0.5) is 4.79 Å². The monoisotopic (exact) mass is 532 g/mol. The normalized spacial score (nSPS) is 25.3. The van der Waals surface area contributed by atoms with Gasteiger partial charge >= 0.3 is 12.0 Å². The first-order chi connectivity index (χ1) is 18.1. The fourth-order valence-electron chi connectivity index (χ4n) is 5.19. The molecule has 10 nitrogen and oxygen atoms in total. The quantitative estimate of drug-likeness (QED) is 0.189. The summed E-state index contributed by atoms with van der Waals surface area (Å²) in [5.74, 6) is -2.27. The van der Waals surface area contributed by atoms with Gasteiger partial charge in [0.1, 0.15) is 11.6 Å². The Kier molecular flexibility index (Phi) is 10.3. The maximum absolute atomic E-state index is 13.1. The van der Waals surface area contributed by atoms with Gasteiger partial charge in [0.25, 0.3) is 0 Å². The number of aliphatic carboxylic acids is 1. The molecule has 0 aromatic heterocycles. The van der Waals surface area contributed by atoms with E-state index in [2.05, 4.69) is 22.9 Å². The highest BCUT2D eigenvalue weighted by Gasteiger charge is 2.61. The second-order valence-corrected chi connectivity index (χ2v) is 11.3. The van der Waals surface area contributed by atoms with Gasteiger partial charge in [0.2, 0.25) is 11.8 Å². The van der Waals surface area contributed by atoms with Crippen LogP contribution in [-0.4, -0.2) is 70.3 Å². The summed E-state index contributed by atoms with van der Waals surface area (Å²) in [7, 11) is 0. The number of carbonyl (C=O) groups is 5. The van der Waals surface area contributed by atoms with E-state index in [4.69, 9.17) is 0 Å². The molecule has 0 bridgehead atoms. The first-order valence-electron chi connectivity index (χ1n) is 14.2. The van der Waals surface area contributed by atoms with E-state index in [1.165, 1.54) is 11.3 Å². The zero-order chi connectivity index (χ0) is 27.9. The van der Waals surface area contributed by atoms with E-state index < -0.39 is 41.4 Å². The van der Waals surface area contributed by atoms with Gasteiger partial charge in [0.15, 0.2) is 5.78 Å². The number of hydrogen-bond acceptors (Lipinski definition) is 5. The highest BCUT2D eigenvalue weighted by atomic mass is 16.4. The van der Waals surface area contributed by atoms with E-state index in [1.807, 2.05) is 26.0 Å². The topological polar surface area (TPSA) is 145 Å². The maximum Gasteiger partial charge on any atom is 0.330 e. The second-order valence-electron chi connectivity index (χ2n) is 11.3. The number of amides is 4. The van der Waals surface area contributed by atoms with Crippen molar-refractivity contribution < 1.29 is 29.1 Å². The molecule has 3 fully saturated rings. The third-order valence-corrected chi connectivity index (χ3v) is 7.85. The number of Topliss-reactive ketones (excluding diaryl/α,β-unsaturated/α-hetero) is 1. The molecule has 4 N–H and O–H groups in total. The highest BCUT2D eigenvalue weighted by Crippen LogP contribution is 2.45. The van der Waals surface area contributed by atoms with Crippen LogP contribution in [0.15, 0.2) is 12.2 Å². The number of ketones is 1. The molecule has 1 aliphatic heterocycles. The van der Waals surface area contributed by atoms with Gasteiger partial charge in [-0.3, -0.25) is 14.4 Å². The fourth-order valence-corrected chi connectivity index (χ4v) is 5.19. The van der Waals surface area contributed by atoms with Crippen LogP contribution in [0.3, 0.4) is 0 Å². The van der Waals surface area contributed by atoms with E-state index in [-0.39, 0.29) is 30.1 Å². The molecule has 1 unspecified atom stereocenters. The van der Waals surface area contributed by atoms with Gasteiger partial charge in [-0.2, -0.15) is 0 Å². The molecule has 1 saturated heterocycles. The Morgan fingerprint density at radius 3 is 2.45 bits per heavy atom. The van der Waals surface area contributed by atoms with Crippen molar-refractivity contribution in [2.24, 2.45) is 17.8 Å². The van der Waals surface area contributed by atoms with E-state index in [0.29, 0.717) is 25.8 Å². The summed E-state index contributed by atoms with van der Waals surface area (Å²) in [6, 6.07) is -1.98. The number of likely N-dealkylation sites (tertiary alicyclic amines) is 1. The van der Waals surface area contributed by atoms with Crippen LogP contribution in [0.5, 0.6) is 0 Å². The van der Waals surface area contributed by atoms with Gasteiger partial charge in [0, 0.05) is 18.4 Å². The summed E-state index contributed by atoms with van der Waals surface area (Å²) < 4.78 is 0. The third kappa shape index (κ3) is 7.57. The number of rotatable bonds is 15. The van der Waals surface area contributed by atoms with Crippen LogP contribution in [-0.2, 0) is 19.2 Å². The molecule has 2 aliphatic carbocycles. The first-order valence-corrected chi connectivity index (χ1v) is 14.2. The van der Waals surface area contributed by atoms with Crippen molar-refractivity contribution in [2.75, 3.05) is 13.1 Å². The van der Waals surface area contributed by atoms with Gasteiger partial charge in [-0.1, -0.05) is 52.2 Å². The molecule has 0 aromatic rings. The summed E-state index contributed by atoms with van der Waals surface area (Å²) >= 11 is 0. The SMILES string of the molecule is CCCCCC/C=C\C1C[C@]1(NC(=O)[C@@H]1CCCN1C(=O)CNC(=O)N[C@H](C(=O)C1CC1)C(C)C)C(=O)O. The van der Waals surface area contributed by atoms with Crippen LogP contribution in [0.1, 0.15) is 85.0 Å². The van der Waals surface area contributed by atoms with Crippen molar-refractivity contribution >= 4 is 29.6 Å². The number of carboxylic acid groups (broad SMARTS) is 1. The summed E-state index contributed by atoms with van der Waals surface area (Å²) in [4.78, 5) is 64.3. The summed E-state index contributed by atoms with van der Waals surface area (Å²) in [5, 5.41) is 17.8. The predicted molar refractivity (Wildman–Crippen MR) is 142 cm³/mol. The number of carbonyl (C=O) groups excluding carboxylic acids is 4.